The van der Waals surface area contributed by atoms with E-state index in [4.69, 9.17) is 16.2 Å². The first-order valence-electron chi connectivity index (χ1n) is 20.4. The summed E-state index contributed by atoms with van der Waals surface area (Å²) in [4.78, 5) is 28.9. The molecule has 7 N–H and O–H groups in total. The topological polar surface area (TPSA) is 163 Å². The van der Waals surface area contributed by atoms with Crippen molar-refractivity contribution in [2.75, 3.05) is 26.2 Å². The molecule has 4 saturated carbocycles. The Morgan fingerprint density at radius 2 is 1.35 bits per heavy atom. The normalized spacial score (nSPS) is 37.3. The fraction of sp³-hybridized carbons (Fsp3) is 0.591. The van der Waals surface area contributed by atoms with Crippen LogP contribution in [0, 0.1) is 11.8 Å². The molecular formula is C44H54N4O6. The van der Waals surface area contributed by atoms with Crippen LogP contribution in [0.1, 0.15) is 114 Å². The average molecular weight is 735 g/mol. The first-order chi connectivity index (χ1) is 25.8. The molecular weight excluding hydrogens is 681 g/mol. The summed E-state index contributed by atoms with van der Waals surface area (Å²) >= 11 is 0. The van der Waals surface area contributed by atoms with Crippen LogP contribution in [0.5, 0.6) is 11.5 Å². The van der Waals surface area contributed by atoms with Gasteiger partial charge in [0.15, 0.2) is 0 Å². The summed E-state index contributed by atoms with van der Waals surface area (Å²) in [5.74, 6) is 1.06. The van der Waals surface area contributed by atoms with Crippen LogP contribution >= 0.6 is 0 Å². The van der Waals surface area contributed by atoms with Crippen LogP contribution in [0.15, 0.2) is 48.6 Å². The number of amides is 2. The van der Waals surface area contributed by atoms with E-state index in [0.717, 1.165) is 104 Å². The summed E-state index contributed by atoms with van der Waals surface area (Å²) in [6.07, 6.45) is 11.7. The molecule has 4 bridgehead atoms. The predicted octanol–water partition coefficient (Wildman–Crippen LogP) is 4.15. The van der Waals surface area contributed by atoms with Crippen LogP contribution in [0.3, 0.4) is 0 Å². The van der Waals surface area contributed by atoms with E-state index < -0.39 is 33.8 Å². The Labute approximate surface area is 317 Å². The zero-order chi connectivity index (χ0) is 37.5. The summed E-state index contributed by atoms with van der Waals surface area (Å²) in [6.45, 7) is 12.5. The van der Waals surface area contributed by atoms with Crippen molar-refractivity contribution >= 4 is 11.8 Å². The highest BCUT2D eigenvalue weighted by Gasteiger charge is 2.72. The van der Waals surface area contributed by atoms with Crippen LogP contribution in [0.2, 0.25) is 0 Å². The number of rotatable bonds is 6. The smallest absolute Gasteiger partial charge is 0.252 e. The van der Waals surface area contributed by atoms with Gasteiger partial charge in [0.1, 0.15) is 17.6 Å². The third kappa shape index (κ3) is 4.60. The number of carbonyl (C=O) groups is 2. The molecule has 286 valence electrons. The highest BCUT2D eigenvalue weighted by atomic mass is 16.5. The number of aliphatic hydroxyl groups is 2. The maximum absolute atomic E-state index is 12.2. The molecule has 9 aliphatic rings. The van der Waals surface area contributed by atoms with Crippen molar-refractivity contribution in [1.82, 2.24) is 9.80 Å². The standard InChI is InChI=1S/C22H26N2O3.C22H28N2O3/c1-12-6-7-22(26)16-10-14-4-5-15(20(23)25)18-17(14)21(22,19(12)27-18)8-9-24(16)11-13-2-3-13;1-13-6-7-22(27)17-10-15-4-5-16(20(23)26)19(25)18(15)21(22,11-13)8-9-24(17)12-14-2-3-14/h4-5,13,16,19,26H,1-3,6-11H2,(H2,23,25);4-5,14,17,25,27H,1-3,6-12H2,(H2,23,26)/t16-,19+,21+,22-;17-,21-,22-/m11/s1. The van der Waals surface area contributed by atoms with Gasteiger partial charge in [-0.2, -0.15) is 0 Å². The molecule has 11 rings (SSSR count). The fourth-order valence-electron chi connectivity index (χ4n) is 12.8. The number of likely N-dealkylation sites (tertiary alicyclic amines) is 2. The third-order valence-electron chi connectivity index (χ3n) is 15.7. The van der Waals surface area contributed by atoms with Gasteiger partial charge in [0.2, 0.25) is 0 Å². The van der Waals surface area contributed by atoms with Gasteiger partial charge in [-0.05, 0) is 137 Å². The number of ether oxygens (including phenoxy) is 1. The summed E-state index contributed by atoms with van der Waals surface area (Å²) < 4.78 is 6.40. The first-order valence-corrected chi connectivity index (χ1v) is 20.4. The highest BCUT2D eigenvalue weighted by molar-refractivity contribution is 5.97. The lowest BCUT2D eigenvalue weighted by atomic mass is 9.48. The van der Waals surface area contributed by atoms with Crippen molar-refractivity contribution < 1.29 is 29.6 Å². The van der Waals surface area contributed by atoms with Crippen molar-refractivity contribution in [3.05, 3.63) is 82.0 Å². The van der Waals surface area contributed by atoms with E-state index in [2.05, 4.69) is 23.0 Å². The number of fused-ring (bicyclic) bond motifs is 1. The highest BCUT2D eigenvalue weighted by Crippen LogP contribution is 2.66. The number of aromatic hydroxyl groups is 1. The van der Waals surface area contributed by atoms with Gasteiger partial charge in [0.25, 0.3) is 11.8 Å². The molecule has 3 aliphatic heterocycles. The zero-order valence-corrected chi connectivity index (χ0v) is 31.2. The summed E-state index contributed by atoms with van der Waals surface area (Å²) in [5, 5.41) is 35.3. The Bertz CT molecular complexity index is 2010. The monoisotopic (exact) mass is 734 g/mol. The number of hydrogen-bond donors (Lipinski definition) is 5. The van der Waals surface area contributed by atoms with E-state index in [-0.39, 0.29) is 29.5 Å². The van der Waals surface area contributed by atoms with Crippen LogP contribution in [0.4, 0.5) is 0 Å². The third-order valence-corrected chi connectivity index (χ3v) is 15.7. The number of nitrogens with zero attached hydrogens (tertiary/aromatic N) is 2. The quantitative estimate of drug-likeness (QED) is 0.277. The van der Waals surface area contributed by atoms with Crippen molar-refractivity contribution in [3.63, 3.8) is 0 Å². The van der Waals surface area contributed by atoms with E-state index >= 15 is 0 Å². The Morgan fingerprint density at radius 1 is 0.778 bits per heavy atom. The Balaban J connectivity index is 0.000000134. The fourth-order valence-corrected chi connectivity index (χ4v) is 12.8. The van der Waals surface area contributed by atoms with Crippen LogP contribution in [0.25, 0.3) is 0 Å². The van der Waals surface area contributed by atoms with Gasteiger partial charge >= 0.3 is 0 Å². The number of allylic oxidation sites excluding steroid dienone is 1. The van der Waals surface area contributed by atoms with E-state index in [9.17, 15) is 24.9 Å². The maximum atomic E-state index is 12.2. The van der Waals surface area contributed by atoms with Crippen LogP contribution in [-0.2, 0) is 23.7 Å². The first kappa shape index (κ1) is 34.8. The minimum atomic E-state index is -0.901. The molecule has 0 unspecified atom stereocenters. The predicted molar refractivity (Wildman–Crippen MR) is 203 cm³/mol. The molecule has 10 nitrogen and oxygen atoms in total. The lowest BCUT2D eigenvalue weighted by molar-refractivity contribution is -0.174. The maximum Gasteiger partial charge on any atom is 0.252 e. The largest absolute Gasteiger partial charge is 0.507 e. The van der Waals surface area contributed by atoms with Gasteiger partial charge in [-0.15, -0.1) is 0 Å². The number of benzene rings is 2. The molecule has 10 heteroatoms. The molecule has 0 radical (unpaired) electrons. The molecule has 2 aromatic rings. The molecule has 2 aromatic carbocycles. The van der Waals surface area contributed by atoms with Gasteiger partial charge in [0.05, 0.1) is 27.7 Å². The molecule has 6 fully saturated rings. The second-order valence-corrected chi connectivity index (χ2v) is 18.5. The van der Waals surface area contributed by atoms with E-state index in [0.29, 0.717) is 30.6 Å². The minimum absolute atomic E-state index is 0.0257. The van der Waals surface area contributed by atoms with Crippen LogP contribution in [-0.4, -0.2) is 92.5 Å². The summed E-state index contributed by atoms with van der Waals surface area (Å²) in [5.41, 5.74) is 15.2. The van der Waals surface area contributed by atoms with E-state index in [1.165, 1.54) is 31.2 Å². The number of nitrogens with two attached hydrogens (primary N) is 2. The second kappa shape index (κ2) is 11.7. The molecule has 1 spiro atoms. The average Bonchev–Trinajstić information content (AvgIpc) is 4.07. The number of primary amides is 2. The van der Waals surface area contributed by atoms with E-state index in [1.807, 2.05) is 12.1 Å². The van der Waals surface area contributed by atoms with Gasteiger partial charge in [0, 0.05) is 41.7 Å². The van der Waals surface area contributed by atoms with Gasteiger partial charge in [-0.3, -0.25) is 19.4 Å². The molecule has 6 aliphatic carbocycles. The number of piperidine rings is 2. The Hall–Kier alpha value is -3.70. The zero-order valence-electron chi connectivity index (χ0n) is 31.2. The van der Waals surface area contributed by atoms with Crippen molar-refractivity contribution in [3.8, 4) is 11.5 Å². The van der Waals surface area contributed by atoms with Crippen LogP contribution < -0.4 is 16.2 Å². The summed E-state index contributed by atoms with van der Waals surface area (Å²) in [6, 6.07) is 7.59. The van der Waals surface area contributed by atoms with Gasteiger partial charge < -0.3 is 31.5 Å². The molecule has 0 aromatic heterocycles. The van der Waals surface area contributed by atoms with Gasteiger partial charge in [-0.25, -0.2) is 0 Å². The molecule has 54 heavy (non-hydrogen) atoms. The molecule has 2 saturated heterocycles. The lowest BCUT2D eigenvalue weighted by Gasteiger charge is -2.64. The molecule has 7 atom stereocenters. The van der Waals surface area contributed by atoms with Crippen molar-refractivity contribution in [2.45, 2.75) is 124 Å². The van der Waals surface area contributed by atoms with Crippen molar-refractivity contribution in [1.29, 1.82) is 0 Å². The number of phenols is 1. The van der Waals surface area contributed by atoms with Gasteiger partial charge in [-0.1, -0.05) is 30.9 Å². The summed E-state index contributed by atoms with van der Waals surface area (Å²) in [7, 11) is 0. The Morgan fingerprint density at radius 3 is 1.98 bits per heavy atom. The lowest BCUT2D eigenvalue weighted by Crippen LogP contribution is -2.75. The van der Waals surface area contributed by atoms with Crippen molar-refractivity contribution in [2.24, 2.45) is 23.3 Å². The minimum Gasteiger partial charge on any atom is -0.507 e. The molecule has 2 amide bonds. The second-order valence-electron chi connectivity index (χ2n) is 18.5. The SMILES string of the molecule is C=C1CC[C@@]2(O)[C@H]3Cc4ccc(C(N)=O)c(O)c4[C@@]2(CCN3CC2CC2)C1.C=C1CC[C@@]2(O)[C@H]3Cc4ccc(C(N)=O)c5c4[C@@]2(CCN3CC2CC2)[C@H]1O5. The number of carbonyl (C=O) groups excluding carboxylic acids is 2. The molecule has 3 heterocycles. The van der Waals surface area contributed by atoms with E-state index in [1.54, 1.807) is 12.1 Å². The Kier molecular flexibility index (Phi) is 7.51. The number of hydrogen-bond acceptors (Lipinski definition) is 8.